The van der Waals surface area contributed by atoms with Gasteiger partial charge in [-0.25, -0.2) is 0 Å². The molecular formula is C25H23N5O4S. The number of hydrogen-bond acceptors (Lipinski definition) is 6. The van der Waals surface area contributed by atoms with Gasteiger partial charge in [-0.1, -0.05) is 24.3 Å². The van der Waals surface area contributed by atoms with Crippen molar-refractivity contribution in [2.75, 3.05) is 44.6 Å². The molecule has 0 spiro atoms. The average Bonchev–Trinajstić information content (AvgIpc) is 2.87. The number of amides is 2. The summed E-state index contributed by atoms with van der Waals surface area (Å²) >= 11 is 5.51. The molecule has 0 bridgehead atoms. The van der Waals surface area contributed by atoms with Crippen LogP contribution in [0.25, 0.3) is 10.8 Å². The maximum atomic E-state index is 13.1. The number of thiocarbonyl (C=S) groups is 1. The van der Waals surface area contributed by atoms with Gasteiger partial charge >= 0.3 is 0 Å². The third-order valence-electron chi connectivity index (χ3n) is 6.48. The molecule has 2 heterocycles. The highest BCUT2D eigenvalue weighted by atomic mass is 32.1. The lowest BCUT2D eigenvalue weighted by Gasteiger charge is -2.37. The molecule has 0 atom stereocenters. The minimum Gasteiger partial charge on any atom is -0.346 e. The van der Waals surface area contributed by atoms with E-state index < -0.39 is 4.92 Å². The number of nitro benzene ring substituents is 1. The number of nitrogens with one attached hydrogen (secondary N) is 1. The molecule has 2 aliphatic heterocycles. The van der Waals surface area contributed by atoms with Gasteiger partial charge in [0.25, 0.3) is 17.5 Å². The second-order valence-electron chi connectivity index (χ2n) is 8.53. The normalized spacial score (nSPS) is 16.0. The number of carbonyl (C=O) groups is 2. The fourth-order valence-corrected chi connectivity index (χ4v) is 4.87. The van der Waals surface area contributed by atoms with E-state index in [-0.39, 0.29) is 17.5 Å². The van der Waals surface area contributed by atoms with Crippen LogP contribution in [0.4, 0.5) is 11.4 Å². The lowest BCUT2D eigenvalue weighted by Crippen LogP contribution is -2.52. The summed E-state index contributed by atoms with van der Waals surface area (Å²) < 4.78 is 0. The molecule has 10 heteroatoms. The van der Waals surface area contributed by atoms with Gasteiger partial charge in [-0.15, -0.1) is 0 Å². The lowest BCUT2D eigenvalue weighted by molar-refractivity contribution is -0.384. The summed E-state index contributed by atoms with van der Waals surface area (Å²) in [5, 5.41) is 16.1. The van der Waals surface area contributed by atoms with Gasteiger partial charge in [0.2, 0.25) is 0 Å². The summed E-state index contributed by atoms with van der Waals surface area (Å²) in [6, 6.07) is 17.2. The highest BCUT2D eigenvalue weighted by Crippen LogP contribution is 2.29. The van der Waals surface area contributed by atoms with Crippen LogP contribution in [0.1, 0.15) is 20.7 Å². The first-order valence-corrected chi connectivity index (χ1v) is 11.7. The highest BCUT2D eigenvalue weighted by Gasteiger charge is 2.33. The van der Waals surface area contributed by atoms with Crippen molar-refractivity contribution in [2.24, 2.45) is 0 Å². The number of rotatable bonds is 5. The number of hydrogen-bond donors (Lipinski definition) is 1. The summed E-state index contributed by atoms with van der Waals surface area (Å²) in [7, 11) is 0. The Labute approximate surface area is 207 Å². The smallest absolute Gasteiger partial charge is 0.269 e. The topological polar surface area (TPSA) is 99.0 Å². The van der Waals surface area contributed by atoms with Gasteiger partial charge in [0.1, 0.15) is 0 Å². The molecule has 3 aromatic rings. The molecule has 178 valence electrons. The van der Waals surface area contributed by atoms with Crippen LogP contribution in [0, 0.1) is 10.1 Å². The van der Waals surface area contributed by atoms with E-state index in [9.17, 15) is 19.7 Å². The zero-order valence-electron chi connectivity index (χ0n) is 18.8. The van der Waals surface area contributed by atoms with Gasteiger partial charge in [0.15, 0.2) is 5.11 Å². The van der Waals surface area contributed by atoms with Crippen LogP contribution < -0.4 is 5.32 Å². The first-order valence-electron chi connectivity index (χ1n) is 11.3. The second kappa shape index (κ2) is 9.40. The summed E-state index contributed by atoms with van der Waals surface area (Å²) in [5.41, 5.74) is 1.87. The molecule has 3 aromatic carbocycles. The van der Waals surface area contributed by atoms with E-state index in [0.717, 1.165) is 23.9 Å². The average molecular weight is 490 g/mol. The maximum absolute atomic E-state index is 13.1. The molecule has 1 saturated heterocycles. The predicted molar refractivity (Wildman–Crippen MR) is 137 cm³/mol. The van der Waals surface area contributed by atoms with Crippen LogP contribution in [0.5, 0.6) is 0 Å². The molecule has 5 rings (SSSR count). The number of carbonyl (C=O) groups excluding carboxylic acids is 2. The van der Waals surface area contributed by atoms with Crippen LogP contribution >= 0.6 is 12.2 Å². The van der Waals surface area contributed by atoms with E-state index in [0.29, 0.717) is 48.1 Å². The van der Waals surface area contributed by atoms with Crippen molar-refractivity contribution < 1.29 is 14.5 Å². The standard InChI is InChI=1S/C25H23N5O4S/c31-23-20-5-1-3-17-4-2-6-21(22(17)20)24(32)29(23)16-13-27-11-14-28(15-12-27)25(35)26-18-7-9-19(10-8-18)30(33)34/h1-10H,11-16H2,(H,26,35). The van der Waals surface area contributed by atoms with Crippen molar-refractivity contribution in [3.05, 3.63) is 81.9 Å². The van der Waals surface area contributed by atoms with Crippen LogP contribution in [0.2, 0.25) is 0 Å². The number of non-ortho nitro benzene ring substituents is 1. The fourth-order valence-electron chi connectivity index (χ4n) is 4.57. The molecule has 9 nitrogen and oxygen atoms in total. The summed E-state index contributed by atoms with van der Waals surface area (Å²) in [4.78, 5) is 42.1. The van der Waals surface area contributed by atoms with Gasteiger partial charge < -0.3 is 10.2 Å². The number of nitrogens with zero attached hydrogens (tertiary/aromatic N) is 4. The van der Waals surface area contributed by atoms with E-state index in [4.69, 9.17) is 12.2 Å². The Morgan fingerprint density at radius 3 is 2.06 bits per heavy atom. The molecule has 1 N–H and O–H groups in total. The summed E-state index contributed by atoms with van der Waals surface area (Å²) in [6.07, 6.45) is 0. The first kappa shape index (κ1) is 22.9. The largest absolute Gasteiger partial charge is 0.346 e. The lowest BCUT2D eigenvalue weighted by atomic mass is 9.94. The van der Waals surface area contributed by atoms with E-state index in [1.54, 1.807) is 24.3 Å². The fraction of sp³-hybridized carbons (Fsp3) is 0.240. The summed E-state index contributed by atoms with van der Waals surface area (Å²) in [5.74, 6) is -0.488. The maximum Gasteiger partial charge on any atom is 0.269 e. The quantitative estimate of drug-likeness (QED) is 0.252. The zero-order chi connectivity index (χ0) is 24.5. The molecule has 0 radical (unpaired) electrons. The molecule has 2 amide bonds. The van der Waals surface area contributed by atoms with Crippen LogP contribution in [-0.4, -0.2) is 75.8 Å². The van der Waals surface area contributed by atoms with Crippen LogP contribution in [-0.2, 0) is 0 Å². The van der Waals surface area contributed by atoms with Gasteiger partial charge in [-0.2, -0.15) is 0 Å². The molecule has 2 aliphatic rings. The van der Waals surface area contributed by atoms with Crippen molar-refractivity contribution in [2.45, 2.75) is 0 Å². The number of anilines is 1. The molecule has 0 saturated carbocycles. The monoisotopic (exact) mass is 489 g/mol. The Hall–Kier alpha value is -3.89. The number of nitro groups is 1. The number of imide groups is 1. The second-order valence-corrected chi connectivity index (χ2v) is 8.92. The molecule has 0 aliphatic carbocycles. The Bertz CT molecular complexity index is 1280. The predicted octanol–water partition coefficient (Wildman–Crippen LogP) is 3.36. The Morgan fingerprint density at radius 2 is 1.49 bits per heavy atom. The SMILES string of the molecule is O=C1c2cccc3cccc(c23)C(=O)N1CCN1CCN(C(=S)Nc2ccc([N+](=O)[O-])cc2)CC1. The van der Waals surface area contributed by atoms with E-state index in [1.807, 2.05) is 29.2 Å². The Kier molecular flexibility index (Phi) is 6.14. The minimum atomic E-state index is -0.439. The van der Waals surface area contributed by atoms with E-state index in [2.05, 4.69) is 10.2 Å². The molecule has 1 fully saturated rings. The number of benzene rings is 3. The van der Waals surface area contributed by atoms with Gasteiger partial charge in [0.05, 0.1) is 4.92 Å². The van der Waals surface area contributed by atoms with Gasteiger partial charge in [0, 0.05) is 73.6 Å². The third kappa shape index (κ3) is 4.45. The highest BCUT2D eigenvalue weighted by molar-refractivity contribution is 7.80. The summed E-state index contributed by atoms with van der Waals surface area (Å²) in [6.45, 7) is 3.79. The molecular weight excluding hydrogens is 466 g/mol. The van der Waals surface area contributed by atoms with Crippen molar-refractivity contribution >= 4 is 51.3 Å². The Morgan fingerprint density at radius 1 is 0.886 bits per heavy atom. The third-order valence-corrected chi connectivity index (χ3v) is 6.84. The van der Waals surface area contributed by atoms with Crippen molar-refractivity contribution in [1.82, 2.24) is 14.7 Å². The van der Waals surface area contributed by atoms with Crippen molar-refractivity contribution in [1.29, 1.82) is 0 Å². The van der Waals surface area contributed by atoms with Crippen molar-refractivity contribution in [3.63, 3.8) is 0 Å². The zero-order valence-corrected chi connectivity index (χ0v) is 19.7. The van der Waals surface area contributed by atoms with E-state index >= 15 is 0 Å². The molecule has 35 heavy (non-hydrogen) atoms. The van der Waals surface area contributed by atoms with Crippen LogP contribution in [0.15, 0.2) is 60.7 Å². The van der Waals surface area contributed by atoms with E-state index in [1.165, 1.54) is 17.0 Å². The van der Waals surface area contributed by atoms with Gasteiger partial charge in [-0.05, 0) is 41.9 Å². The van der Waals surface area contributed by atoms with Crippen molar-refractivity contribution in [3.8, 4) is 0 Å². The van der Waals surface area contributed by atoms with Gasteiger partial charge in [-0.3, -0.25) is 29.5 Å². The molecule has 0 aromatic heterocycles. The van der Waals surface area contributed by atoms with Crippen LogP contribution in [0.3, 0.4) is 0 Å². The first-order chi connectivity index (χ1) is 16.9. The minimum absolute atomic E-state index is 0.0286. The molecule has 0 unspecified atom stereocenters. The Balaban J connectivity index is 1.16. The number of piperazine rings is 1.